The van der Waals surface area contributed by atoms with E-state index in [1.807, 2.05) is 44.2 Å². The monoisotopic (exact) mass is 444 g/mol. The smallest absolute Gasteiger partial charge is 0.242 e. The van der Waals surface area contributed by atoms with Crippen molar-refractivity contribution in [1.82, 2.24) is 10.2 Å². The van der Waals surface area contributed by atoms with Crippen molar-refractivity contribution in [3.63, 3.8) is 0 Å². The second-order valence-corrected chi connectivity index (χ2v) is 8.48. The lowest BCUT2D eigenvalue weighted by molar-refractivity contribution is -0.140. The Labute approximate surface area is 190 Å². The molecule has 0 saturated heterocycles. The highest BCUT2D eigenvalue weighted by molar-refractivity contribution is 6.30. The van der Waals surface area contributed by atoms with Crippen LogP contribution in [0.25, 0.3) is 0 Å². The number of ether oxygens (including phenoxy) is 1. The zero-order chi connectivity index (χ0) is 22.6. The molecule has 168 valence electrons. The maximum absolute atomic E-state index is 13.0. The van der Waals surface area contributed by atoms with Gasteiger partial charge in [0.25, 0.3) is 0 Å². The lowest BCUT2D eigenvalue weighted by Crippen LogP contribution is -2.49. The molecule has 31 heavy (non-hydrogen) atoms. The van der Waals surface area contributed by atoms with Crippen LogP contribution in [0.15, 0.2) is 54.6 Å². The minimum atomic E-state index is -0.521. The summed E-state index contributed by atoms with van der Waals surface area (Å²) in [6, 6.07) is 16.6. The number of hydrogen-bond acceptors (Lipinski definition) is 3. The maximum Gasteiger partial charge on any atom is 0.242 e. The highest BCUT2D eigenvalue weighted by atomic mass is 35.5. The molecule has 0 aliphatic carbocycles. The van der Waals surface area contributed by atoms with Gasteiger partial charge in [-0.25, -0.2) is 0 Å². The Kier molecular flexibility index (Phi) is 10.4. The average Bonchev–Trinajstić information content (AvgIpc) is 2.77. The molecule has 6 heteroatoms. The molecule has 0 radical (unpaired) electrons. The number of nitrogens with zero attached hydrogens (tertiary/aromatic N) is 1. The zero-order valence-corrected chi connectivity index (χ0v) is 19.4. The van der Waals surface area contributed by atoms with Crippen molar-refractivity contribution in [3.8, 4) is 5.75 Å². The molecule has 0 heterocycles. The molecule has 0 bridgehead atoms. The van der Waals surface area contributed by atoms with Crippen molar-refractivity contribution in [1.29, 1.82) is 0 Å². The number of carbonyl (C=O) groups is 2. The predicted octanol–water partition coefficient (Wildman–Crippen LogP) is 4.73. The van der Waals surface area contributed by atoms with E-state index in [9.17, 15) is 9.59 Å². The average molecular weight is 445 g/mol. The van der Waals surface area contributed by atoms with Gasteiger partial charge in [0, 0.05) is 24.5 Å². The van der Waals surface area contributed by atoms with Crippen LogP contribution in [0, 0.1) is 5.92 Å². The minimum absolute atomic E-state index is 0.0390. The predicted molar refractivity (Wildman–Crippen MR) is 125 cm³/mol. The molecule has 0 aromatic heterocycles. The van der Waals surface area contributed by atoms with Crippen LogP contribution in [0.4, 0.5) is 0 Å². The van der Waals surface area contributed by atoms with E-state index in [1.165, 1.54) is 0 Å². The van der Waals surface area contributed by atoms with Crippen LogP contribution in [-0.4, -0.2) is 42.5 Å². The van der Waals surface area contributed by atoms with Gasteiger partial charge in [-0.3, -0.25) is 9.59 Å². The first-order chi connectivity index (χ1) is 14.9. The molecule has 0 spiro atoms. The molecule has 0 aliphatic rings. The van der Waals surface area contributed by atoms with Gasteiger partial charge in [-0.15, -0.1) is 0 Å². The van der Waals surface area contributed by atoms with Crippen LogP contribution in [0.3, 0.4) is 0 Å². The summed E-state index contributed by atoms with van der Waals surface area (Å²) in [6.45, 7) is 7.40. The van der Waals surface area contributed by atoms with Crippen molar-refractivity contribution in [2.45, 2.75) is 46.1 Å². The van der Waals surface area contributed by atoms with Crippen LogP contribution in [0.2, 0.25) is 5.02 Å². The van der Waals surface area contributed by atoms with Crippen LogP contribution in [0.1, 0.15) is 39.2 Å². The second kappa shape index (κ2) is 13.0. The Morgan fingerprint density at radius 1 is 1.03 bits per heavy atom. The van der Waals surface area contributed by atoms with E-state index in [-0.39, 0.29) is 11.8 Å². The van der Waals surface area contributed by atoms with E-state index in [0.29, 0.717) is 49.9 Å². The number of carbonyl (C=O) groups excluding carboxylic acids is 2. The van der Waals surface area contributed by atoms with Gasteiger partial charge < -0.3 is 15.0 Å². The lowest BCUT2D eigenvalue weighted by atomic mass is 10.1. The normalized spacial score (nSPS) is 11.8. The van der Waals surface area contributed by atoms with Crippen LogP contribution >= 0.6 is 11.6 Å². The molecule has 2 amide bonds. The van der Waals surface area contributed by atoms with E-state index >= 15 is 0 Å². The van der Waals surface area contributed by atoms with Crippen molar-refractivity contribution >= 4 is 23.4 Å². The summed E-state index contributed by atoms with van der Waals surface area (Å²) in [5, 5.41) is 3.59. The van der Waals surface area contributed by atoms with Gasteiger partial charge in [0.1, 0.15) is 11.8 Å². The number of benzene rings is 2. The summed E-state index contributed by atoms with van der Waals surface area (Å²) in [6.07, 6.45) is 1.60. The lowest BCUT2D eigenvalue weighted by Gasteiger charge is -2.29. The van der Waals surface area contributed by atoms with Gasteiger partial charge >= 0.3 is 0 Å². The molecule has 0 fully saturated rings. The first kappa shape index (κ1) is 24.7. The van der Waals surface area contributed by atoms with Crippen molar-refractivity contribution < 1.29 is 14.3 Å². The highest BCUT2D eigenvalue weighted by Crippen LogP contribution is 2.16. The highest BCUT2D eigenvalue weighted by Gasteiger charge is 2.25. The minimum Gasteiger partial charge on any atom is -0.494 e. The summed E-state index contributed by atoms with van der Waals surface area (Å²) in [5.74, 6) is 0.921. The third-order valence-electron chi connectivity index (χ3n) is 4.95. The van der Waals surface area contributed by atoms with Gasteiger partial charge in [-0.1, -0.05) is 55.8 Å². The first-order valence-electron chi connectivity index (χ1n) is 10.9. The van der Waals surface area contributed by atoms with Crippen molar-refractivity contribution in [2.75, 3.05) is 19.7 Å². The first-order valence-corrected chi connectivity index (χ1v) is 11.2. The van der Waals surface area contributed by atoms with Crippen molar-refractivity contribution in [3.05, 3.63) is 65.2 Å². The number of amides is 2. The Balaban J connectivity index is 1.92. The van der Waals surface area contributed by atoms with Gasteiger partial charge in [0.15, 0.2) is 0 Å². The standard InChI is InChI=1S/C25H33ClN2O3/c1-19(2)18-27-25(30)20(3)28(16-15-21-8-5-4-6-9-21)24(29)10-7-17-31-23-13-11-22(26)12-14-23/h4-6,8-9,11-14,19-20H,7,10,15-18H2,1-3H3,(H,27,30)/t20-/m0/s1. The molecule has 1 N–H and O–H groups in total. The molecule has 0 aliphatic heterocycles. The molecule has 2 aromatic carbocycles. The SMILES string of the molecule is CC(C)CNC(=O)[C@H](C)N(CCc1ccccc1)C(=O)CCCOc1ccc(Cl)cc1. The van der Waals surface area contributed by atoms with Gasteiger partial charge in [-0.2, -0.15) is 0 Å². The molecule has 0 saturated carbocycles. The second-order valence-electron chi connectivity index (χ2n) is 8.04. The summed E-state index contributed by atoms with van der Waals surface area (Å²) in [5.41, 5.74) is 1.14. The fourth-order valence-corrected chi connectivity index (χ4v) is 3.24. The summed E-state index contributed by atoms with van der Waals surface area (Å²) < 4.78 is 5.68. The van der Waals surface area contributed by atoms with E-state index in [4.69, 9.17) is 16.3 Å². The van der Waals surface area contributed by atoms with Gasteiger partial charge in [0.05, 0.1) is 6.61 Å². The van der Waals surface area contributed by atoms with E-state index in [1.54, 1.807) is 36.1 Å². The van der Waals surface area contributed by atoms with E-state index in [2.05, 4.69) is 5.32 Å². The molecular weight excluding hydrogens is 412 g/mol. The fourth-order valence-electron chi connectivity index (χ4n) is 3.11. The maximum atomic E-state index is 13.0. The van der Waals surface area contributed by atoms with Crippen LogP contribution in [-0.2, 0) is 16.0 Å². The quantitative estimate of drug-likeness (QED) is 0.481. The number of hydrogen-bond donors (Lipinski definition) is 1. The van der Waals surface area contributed by atoms with Crippen LogP contribution < -0.4 is 10.1 Å². The molecular formula is C25H33ClN2O3. The summed E-state index contributed by atoms with van der Waals surface area (Å²) in [4.78, 5) is 27.3. The van der Waals surface area contributed by atoms with Crippen molar-refractivity contribution in [2.24, 2.45) is 5.92 Å². The largest absolute Gasteiger partial charge is 0.494 e. The van der Waals surface area contributed by atoms with Crippen LogP contribution in [0.5, 0.6) is 5.75 Å². The molecule has 1 atom stereocenters. The van der Waals surface area contributed by atoms with E-state index < -0.39 is 6.04 Å². The Morgan fingerprint density at radius 3 is 2.35 bits per heavy atom. The number of nitrogens with one attached hydrogen (secondary N) is 1. The summed E-state index contributed by atoms with van der Waals surface area (Å²) in [7, 11) is 0. The fraction of sp³-hybridized carbons (Fsp3) is 0.440. The molecule has 2 aromatic rings. The summed E-state index contributed by atoms with van der Waals surface area (Å²) >= 11 is 5.88. The third kappa shape index (κ3) is 9.01. The molecule has 2 rings (SSSR count). The van der Waals surface area contributed by atoms with E-state index in [0.717, 1.165) is 11.3 Å². The Morgan fingerprint density at radius 2 is 1.71 bits per heavy atom. The zero-order valence-electron chi connectivity index (χ0n) is 18.6. The number of halogens is 1. The number of rotatable bonds is 12. The molecule has 5 nitrogen and oxygen atoms in total. The van der Waals surface area contributed by atoms with Gasteiger partial charge in [-0.05, 0) is 55.5 Å². The third-order valence-corrected chi connectivity index (χ3v) is 5.21. The van der Waals surface area contributed by atoms with Gasteiger partial charge in [0.2, 0.25) is 11.8 Å². The Hall–Kier alpha value is -2.53. The molecule has 0 unspecified atom stereocenters. The topological polar surface area (TPSA) is 58.6 Å². The Bertz CT molecular complexity index is 809.